The van der Waals surface area contributed by atoms with Crippen LogP contribution in [0.15, 0.2) is 17.0 Å². The number of hydrogen-bond donors (Lipinski definition) is 1. The molecule has 2 rings (SSSR count). The van der Waals surface area contributed by atoms with E-state index in [-0.39, 0.29) is 29.4 Å². The number of aryl methyl sites for hydroxylation is 1. The molecule has 0 bridgehead atoms. The highest BCUT2D eigenvalue weighted by molar-refractivity contribution is 7.89. The smallest absolute Gasteiger partial charge is 0.247 e. The van der Waals surface area contributed by atoms with E-state index in [4.69, 9.17) is 16.3 Å². The van der Waals surface area contributed by atoms with Gasteiger partial charge in [0.2, 0.25) is 15.9 Å². The maximum Gasteiger partial charge on any atom is 0.247 e. The number of benzene rings is 1. The van der Waals surface area contributed by atoms with E-state index in [2.05, 4.69) is 5.32 Å². The first kappa shape index (κ1) is 20.0. The summed E-state index contributed by atoms with van der Waals surface area (Å²) in [6.07, 6.45) is 1.06. The molecule has 0 aromatic heterocycles. The van der Waals surface area contributed by atoms with Crippen LogP contribution in [0.25, 0.3) is 0 Å². The van der Waals surface area contributed by atoms with Gasteiger partial charge in [-0.2, -0.15) is 4.31 Å². The lowest BCUT2D eigenvalue weighted by Crippen LogP contribution is -2.45. The molecule has 1 aromatic rings. The lowest BCUT2D eigenvalue weighted by molar-refractivity contribution is -0.119. The summed E-state index contributed by atoms with van der Waals surface area (Å²) in [5.74, 6) is 0.255. The van der Waals surface area contributed by atoms with E-state index in [1.165, 1.54) is 10.4 Å². The fourth-order valence-electron chi connectivity index (χ4n) is 2.85. The Morgan fingerprint density at radius 2 is 2.08 bits per heavy atom. The van der Waals surface area contributed by atoms with Crippen molar-refractivity contribution >= 4 is 27.5 Å². The molecule has 140 valence electrons. The first-order valence-corrected chi connectivity index (χ1v) is 10.2. The molecule has 1 unspecified atom stereocenters. The maximum atomic E-state index is 13.3. The summed E-state index contributed by atoms with van der Waals surface area (Å²) in [6, 6.07) is 2.65. The van der Waals surface area contributed by atoms with Crippen LogP contribution in [0.4, 0.5) is 0 Å². The summed E-state index contributed by atoms with van der Waals surface area (Å²) in [5, 5.41) is 3.20. The molecule has 1 aromatic carbocycles. The normalized spacial score (nSPS) is 18.0. The predicted molar refractivity (Wildman–Crippen MR) is 97.6 cm³/mol. The van der Waals surface area contributed by atoms with Crippen molar-refractivity contribution in [1.82, 2.24) is 9.62 Å². The third-order valence-corrected chi connectivity index (χ3v) is 6.64. The van der Waals surface area contributed by atoms with Gasteiger partial charge in [0.25, 0.3) is 0 Å². The number of carbonyl (C=O) groups is 1. The molecule has 1 amide bonds. The zero-order valence-corrected chi connectivity index (χ0v) is 16.6. The fraction of sp³-hybridized carbons (Fsp3) is 0.588. The lowest BCUT2D eigenvalue weighted by atomic mass is 10.2. The second-order valence-electron chi connectivity index (χ2n) is 6.45. The predicted octanol–water partition coefficient (Wildman–Crippen LogP) is 2.72. The van der Waals surface area contributed by atoms with Crippen LogP contribution in [0.3, 0.4) is 0 Å². The van der Waals surface area contributed by atoms with E-state index < -0.39 is 10.0 Å². The van der Waals surface area contributed by atoms with Gasteiger partial charge in [0, 0.05) is 30.1 Å². The summed E-state index contributed by atoms with van der Waals surface area (Å²) in [7, 11) is -3.82. The second-order valence-corrected chi connectivity index (χ2v) is 8.72. The van der Waals surface area contributed by atoms with Crippen LogP contribution in [0, 0.1) is 6.92 Å². The van der Waals surface area contributed by atoms with Gasteiger partial charge < -0.3 is 10.1 Å². The van der Waals surface area contributed by atoms with Crippen molar-refractivity contribution in [3.8, 4) is 5.75 Å². The molecule has 1 N–H and O–H groups in total. The maximum absolute atomic E-state index is 13.3. The summed E-state index contributed by atoms with van der Waals surface area (Å²) in [6.45, 7) is 7.80. The summed E-state index contributed by atoms with van der Waals surface area (Å²) in [5.41, 5.74) is 0.753. The summed E-state index contributed by atoms with van der Waals surface area (Å²) in [4.78, 5) is 11.5. The zero-order valence-electron chi connectivity index (χ0n) is 15.0. The number of rotatable bonds is 7. The van der Waals surface area contributed by atoms with Crippen LogP contribution >= 0.6 is 11.6 Å². The number of nitrogens with one attached hydrogen (secondary N) is 1. The van der Waals surface area contributed by atoms with Crippen molar-refractivity contribution in [1.29, 1.82) is 0 Å². The first-order chi connectivity index (χ1) is 11.7. The van der Waals surface area contributed by atoms with Gasteiger partial charge in [0.15, 0.2) is 0 Å². The number of ether oxygens (including phenoxy) is 1. The molecule has 1 saturated heterocycles. The van der Waals surface area contributed by atoms with Crippen LogP contribution in [0.5, 0.6) is 5.75 Å². The highest BCUT2D eigenvalue weighted by atomic mass is 35.5. The second kappa shape index (κ2) is 7.93. The largest absolute Gasteiger partial charge is 0.492 e. The minimum atomic E-state index is -3.82. The summed E-state index contributed by atoms with van der Waals surface area (Å²) < 4.78 is 33.5. The topological polar surface area (TPSA) is 75.7 Å². The average Bonchev–Trinajstić information content (AvgIpc) is 2.93. The SMILES string of the molecule is CCOc1cc(C)c(Cl)cc1S(=O)(=O)N(CC1CCC(=O)N1)C(C)C. The zero-order chi connectivity index (χ0) is 18.8. The molecule has 6 nitrogen and oxygen atoms in total. The Hall–Kier alpha value is -1.31. The van der Waals surface area contributed by atoms with Crippen LogP contribution in [0.2, 0.25) is 5.02 Å². The third-order valence-electron chi connectivity index (χ3n) is 4.17. The highest BCUT2D eigenvalue weighted by Gasteiger charge is 2.34. The monoisotopic (exact) mass is 388 g/mol. The van der Waals surface area contributed by atoms with Crippen molar-refractivity contribution in [2.45, 2.75) is 57.5 Å². The van der Waals surface area contributed by atoms with Crippen molar-refractivity contribution in [2.75, 3.05) is 13.2 Å². The number of amides is 1. The van der Waals surface area contributed by atoms with E-state index >= 15 is 0 Å². The Labute approximate surface area is 154 Å². The summed E-state index contributed by atoms with van der Waals surface area (Å²) >= 11 is 6.17. The van der Waals surface area contributed by atoms with Gasteiger partial charge >= 0.3 is 0 Å². The molecular weight excluding hydrogens is 364 g/mol. The molecule has 1 fully saturated rings. The van der Waals surface area contributed by atoms with Gasteiger partial charge in [0.05, 0.1) is 6.61 Å². The van der Waals surface area contributed by atoms with Crippen molar-refractivity contribution in [3.05, 3.63) is 22.7 Å². The minimum absolute atomic E-state index is 0.0421. The van der Waals surface area contributed by atoms with E-state index in [1.807, 2.05) is 13.8 Å². The minimum Gasteiger partial charge on any atom is -0.492 e. The van der Waals surface area contributed by atoms with Gasteiger partial charge in [0.1, 0.15) is 10.6 Å². The molecule has 25 heavy (non-hydrogen) atoms. The van der Waals surface area contributed by atoms with E-state index in [0.29, 0.717) is 30.2 Å². The van der Waals surface area contributed by atoms with E-state index in [1.54, 1.807) is 19.9 Å². The van der Waals surface area contributed by atoms with Gasteiger partial charge in [-0.1, -0.05) is 11.6 Å². The number of nitrogens with zero attached hydrogens (tertiary/aromatic N) is 1. The van der Waals surface area contributed by atoms with Crippen LogP contribution < -0.4 is 10.1 Å². The van der Waals surface area contributed by atoms with E-state index in [0.717, 1.165) is 5.56 Å². The van der Waals surface area contributed by atoms with Crippen molar-refractivity contribution in [2.24, 2.45) is 0 Å². The number of halogens is 1. The number of hydrogen-bond acceptors (Lipinski definition) is 4. The average molecular weight is 389 g/mol. The lowest BCUT2D eigenvalue weighted by Gasteiger charge is -2.29. The third kappa shape index (κ3) is 4.46. The fourth-order valence-corrected chi connectivity index (χ4v) is 4.90. The molecule has 0 saturated carbocycles. The number of carbonyl (C=O) groups excluding carboxylic acids is 1. The van der Waals surface area contributed by atoms with Crippen molar-refractivity contribution in [3.63, 3.8) is 0 Å². The molecule has 0 aliphatic carbocycles. The Kier molecular flexibility index (Phi) is 6.35. The standard InChI is InChI=1S/C17H25ClN2O4S/c1-5-24-15-8-12(4)14(18)9-16(15)25(22,23)20(11(2)3)10-13-6-7-17(21)19-13/h8-9,11,13H,5-7,10H2,1-4H3,(H,19,21). The van der Waals surface area contributed by atoms with Crippen LogP contribution in [-0.4, -0.2) is 43.9 Å². The Morgan fingerprint density at radius 3 is 2.60 bits per heavy atom. The molecule has 0 radical (unpaired) electrons. The van der Waals surface area contributed by atoms with Crippen LogP contribution in [-0.2, 0) is 14.8 Å². The quantitative estimate of drug-likeness (QED) is 0.779. The van der Waals surface area contributed by atoms with Gasteiger partial charge in [-0.05, 0) is 51.8 Å². The number of sulfonamides is 1. The molecule has 0 spiro atoms. The Balaban J connectivity index is 2.42. The Morgan fingerprint density at radius 1 is 1.40 bits per heavy atom. The highest BCUT2D eigenvalue weighted by Crippen LogP contribution is 2.33. The molecule has 1 atom stereocenters. The van der Waals surface area contributed by atoms with Crippen molar-refractivity contribution < 1.29 is 17.9 Å². The van der Waals surface area contributed by atoms with Gasteiger partial charge in [-0.25, -0.2) is 8.42 Å². The molecule has 1 heterocycles. The molecular formula is C17H25ClN2O4S. The first-order valence-electron chi connectivity index (χ1n) is 8.41. The van der Waals surface area contributed by atoms with Gasteiger partial charge in [-0.15, -0.1) is 0 Å². The van der Waals surface area contributed by atoms with E-state index in [9.17, 15) is 13.2 Å². The molecule has 1 aliphatic rings. The molecule has 1 aliphatic heterocycles. The van der Waals surface area contributed by atoms with Crippen LogP contribution in [0.1, 0.15) is 39.2 Å². The molecule has 8 heteroatoms. The van der Waals surface area contributed by atoms with Gasteiger partial charge in [-0.3, -0.25) is 4.79 Å². The Bertz CT molecular complexity index is 749.